The molecular weight excluding hydrogens is 188 g/mol. The predicted octanol–water partition coefficient (Wildman–Crippen LogP) is 2.24. The molecule has 1 rings (SSSR count). The van der Waals surface area contributed by atoms with Crippen molar-refractivity contribution in [3.8, 4) is 0 Å². The van der Waals surface area contributed by atoms with Gasteiger partial charge in [0.1, 0.15) is 0 Å². The third-order valence-corrected chi connectivity index (χ3v) is 1.63. The molecule has 1 heterocycles. The lowest BCUT2D eigenvalue weighted by atomic mass is 10.3. The van der Waals surface area contributed by atoms with Crippen molar-refractivity contribution in [3.05, 3.63) is 18.0 Å². The van der Waals surface area contributed by atoms with Crippen molar-refractivity contribution in [2.45, 2.75) is 26.2 Å². The standard InChI is InChI=1S/C9H13F2N3/c1-7-5-13-8(14-6-7)12-4-3-9(2,10)11/h5-6H,3-4H2,1-2H3,(H,12,13,14). The molecule has 0 radical (unpaired) electrons. The van der Waals surface area contributed by atoms with E-state index in [1.165, 1.54) is 0 Å². The molecule has 5 heteroatoms. The molecule has 1 aromatic heterocycles. The van der Waals surface area contributed by atoms with Gasteiger partial charge in [-0.3, -0.25) is 0 Å². The summed E-state index contributed by atoms with van der Waals surface area (Å²) in [6.45, 7) is 2.93. The summed E-state index contributed by atoms with van der Waals surface area (Å²) in [5.74, 6) is -2.25. The van der Waals surface area contributed by atoms with Crippen LogP contribution in [-0.2, 0) is 0 Å². The summed E-state index contributed by atoms with van der Waals surface area (Å²) >= 11 is 0. The van der Waals surface area contributed by atoms with Gasteiger partial charge in [-0.15, -0.1) is 0 Å². The Morgan fingerprint density at radius 3 is 2.43 bits per heavy atom. The number of alkyl halides is 2. The highest BCUT2D eigenvalue weighted by Crippen LogP contribution is 2.15. The summed E-state index contributed by atoms with van der Waals surface area (Å²) in [5.41, 5.74) is 0.941. The maximum atomic E-state index is 12.4. The first kappa shape index (κ1) is 10.8. The molecule has 1 N–H and O–H groups in total. The first-order chi connectivity index (χ1) is 6.47. The minimum atomic E-state index is -2.64. The molecule has 1 aromatic rings. The maximum Gasteiger partial charge on any atom is 0.247 e. The number of anilines is 1. The van der Waals surface area contributed by atoms with Crippen LogP contribution in [0.25, 0.3) is 0 Å². The zero-order valence-corrected chi connectivity index (χ0v) is 8.22. The number of aryl methyl sites for hydroxylation is 1. The van der Waals surface area contributed by atoms with Gasteiger partial charge in [0, 0.05) is 25.4 Å². The molecule has 0 fully saturated rings. The topological polar surface area (TPSA) is 37.8 Å². The second-order valence-electron chi connectivity index (χ2n) is 3.33. The van der Waals surface area contributed by atoms with Crippen molar-refractivity contribution in [3.63, 3.8) is 0 Å². The number of halogens is 2. The van der Waals surface area contributed by atoms with Crippen molar-refractivity contribution < 1.29 is 8.78 Å². The number of hydrogen-bond donors (Lipinski definition) is 1. The Balaban J connectivity index is 2.35. The Bertz CT molecular complexity index is 279. The third-order valence-electron chi connectivity index (χ3n) is 1.63. The van der Waals surface area contributed by atoms with Gasteiger partial charge in [-0.25, -0.2) is 18.7 Å². The Labute approximate surface area is 81.6 Å². The number of nitrogens with one attached hydrogen (secondary N) is 1. The fraction of sp³-hybridized carbons (Fsp3) is 0.556. The third kappa shape index (κ3) is 4.11. The molecule has 0 spiro atoms. The van der Waals surface area contributed by atoms with Gasteiger partial charge in [0.25, 0.3) is 0 Å². The van der Waals surface area contributed by atoms with Crippen molar-refractivity contribution in [1.82, 2.24) is 9.97 Å². The number of nitrogens with zero attached hydrogens (tertiary/aromatic N) is 2. The summed E-state index contributed by atoms with van der Waals surface area (Å²) < 4.78 is 24.8. The van der Waals surface area contributed by atoms with Gasteiger partial charge in [0.05, 0.1) is 0 Å². The molecule has 0 atom stereocenters. The van der Waals surface area contributed by atoms with Gasteiger partial charge in [-0.1, -0.05) is 0 Å². The Kier molecular flexibility index (Phi) is 3.33. The van der Waals surface area contributed by atoms with Crippen LogP contribution in [0.4, 0.5) is 14.7 Å². The zero-order chi connectivity index (χ0) is 10.6. The van der Waals surface area contributed by atoms with Crippen molar-refractivity contribution in [2.75, 3.05) is 11.9 Å². The number of rotatable bonds is 4. The molecule has 0 aliphatic heterocycles. The molecule has 0 saturated heterocycles. The molecule has 14 heavy (non-hydrogen) atoms. The summed E-state index contributed by atoms with van der Waals surface area (Å²) in [6, 6.07) is 0. The molecule has 0 unspecified atom stereocenters. The summed E-state index contributed by atoms with van der Waals surface area (Å²) in [7, 11) is 0. The van der Waals surface area contributed by atoms with Gasteiger partial charge in [-0.2, -0.15) is 0 Å². The average molecular weight is 201 g/mol. The maximum absolute atomic E-state index is 12.4. The largest absolute Gasteiger partial charge is 0.354 e. The molecule has 78 valence electrons. The van der Waals surface area contributed by atoms with Crippen LogP contribution < -0.4 is 5.32 Å². The zero-order valence-electron chi connectivity index (χ0n) is 8.22. The predicted molar refractivity (Wildman–Crippen MR) is 50.5 cm³/mol. The normalized spacial score (nSPS) is 11.4. The molecular formula is C9H13F2N3. The van der Waals surface area contributed by atoms with E-state index >= 15 is 0 Å². The van der Waals surface area contributed by atoms with Crippen LogP contribution in [0, 0.1) is 6.92 Å². The van der Waals surface area contributed by atoms with Crippen LogP contribution in [0.5, 0.6) is 0 Å². The molecule has 0 amide bonds. The van der Waals surface area contributed by atoms with E-state index in [0.29, 0.717) is 5.95 Å². The Morgan fingerprint density at radius 2 is 1.93 bits per heavy atom. The SMILES string of the molecule is Cc1cnc(NCCC(C)(F)F)nc1. The quantitative estimate of drug-likeness (QED) is 0.811. The smallest absolute Gasteiger partial charge is 0.247 e. The van der Waals surface area contributed by atoms with E-state index in [-0.39, 0.29) is 13.0 Å². The fourth-order valence-corrected chi connectivity index (χ4v) is 0.878. The van der Waals surface area contributed by atoms with Crippen LogP contribution in [0.2, 0.25) is 0 Å². The van der Waals surface area contributed by atoms with E-state index in [0.717, 1.165) is 12.5 Å². The average Bonchev–Trinajstić information content (AvgIpc) is 2.06. The van der Waals surface area contributed by atoms with E-state index in [4.69, 9.17) is 0 Å². The molecule has 0 aliphatic carbocycles. The number of hydrogen-bond acceptors (Lipinski definition) is 3. The van der Waals surface area contributed by atoms with Crippen LogP contribution in [0.3, 0.4) is 0 Å². The van der Waals surface area contributed by atoms with Crippen LogP contribution >= 0.6 is 0 Å². The van der Waals surface area contributed by atoms with Gasteiger partial charge < -0.3 is 5.32 Å². The van der Waals surface area contributed by atoms with Gasteiger partial charge >= 0.3 is 0 Å². The minimum absolute atomic E-state index is 0.173. The molecule has 0 saturated carbocycles. The van der Waals surface area contributed by atoms with Crippen LogP contribution in [0.1, 0.15) is 18.9 Å². The number of aromatic nitrogens is 2. The van der Waals surface area contributed by atoms with Crippen molar-refractivity contribution in [2.24, 2.45) is 0 Å². The van der Waals surface area contributed by atoms with Crippen LogP contribution in [0.15, 0.2) is 12.4 Å². The van der Waals surface area contributed by atoms with Crippen LogP contribution in [-0.4, -0.2) is 22.4 Å². The molecule has 0 bridgehead atoms. The van der Waals surface area contributed by atoms with Crippen molar-refractivity contribution >= 4 is 5.95 Å². The van der Waals surface area contributed by atoms with Gasteiger partial charge in [-0.05, 0) is 19.4 Å². The highest BCUT2D eigenvalue weighted by molar-refractivity contribution is 5.23. The summed E-state index contributed by atoms with van der Waals surface area (Å²) in [5, 5.41) is 2.73. The first-order valence-corrected chi connectivity index (χ1v) is 4.38. The van der Waals surface area contributed by atoms with Gasteiger partial charge in [0.15, 0.2) is 0 Å². The van der Waals surface area contributed by atoms with E-state index in [2.05, 4.69) is 15.3 Å². The van der Waals surface area contributed by atoms with E-state index in [9.17, 15) is 8.78 Å². The first-order valence-electron chi connectivity index (χ1n) is 4.38. The Hall–Kier alpha value is -1.26. The molecule has 0 aromatic carbocycles. The highest BCUT2D eigenvalue weighted by atomic mass is 19.3. The second-order valence-corrected chi connectivity index (χ2v) is 3.33. The lowest BCUT2D eigenvalue weighted by Gasteiger charge is -2.10. The molecule has 0 aliphatic rings. The van der Waals surface area contributed by atoms with E-state index < -0.39 is 5.92 Å². The fourth-order valence-electron chi connectivity index (χ4n) is 0.878. The Morgan fingerprint density at radius 1 is 1.36 bits per heavy atom. The monoisotopic (exact) mass is 201 g/mol. The summed E-state index contributed by atoms with van der Waals surface area (Å²) in [4.78, 5) is 7.86. The lowest BCUT2D eigenvalue weighted by Crippen LogP contribution is -2.16. The summed E-state index contributed by atoms with van der Waals surface area (Å²) in [6.07, 6.45) is 3.06. The second kappa shape index (κ2) is 4.30. The molecule has 3 nitrogen and oxygen atoms in total. The lowest BCUT2D eigenvalue weighted by molar-refractivity contribution is 0.0166. The van der Waals surface area contributed by atoms with Gasteiger partial charge in [0.2, 0.25) is 11.9 Å². The van der Waals surface area contributed by atoms with E-state index in [1.807, 2.05) is 6.92 Å². The minimum Gasteiger partial charge on any atom is -0.354 e. The van der Waals surface area contributed by atoms with Crippen molar-refractivity contribution in [1.29, 1.82) is 0 Å². The highest BCUT2D eigenvalue weighted by Gasteiger charge is 2.19. The van der Waals surface area contributed by atoms with E-state index in [1.54, 1.807) is 12.4 Å².